The van der Waals surface area contributed by atoms with Crippen LogP contribution in [0.1, 0.15) is 30.5 Å². The van der Waals surface area contributed by atoms with Gasteiger partial charge in [-0.3, -0.25) is 0 Å². The highest BCUT2D eigenvalue weighted by Crippen LogP contribution is 2.32. The van der Waals surface area contributed by atoms with Crippen LogP contribution in [0.4, 0.5) is 0 Å². The summed E-state index contributed by atoms with van der Waals surface area (Å²) in [7, 11) is 0. The molecule has 0 unspecified atom stereocenters. The van der Waals surface area contributed by atoms with Gasteiger partial charge in [0, 0.05) is 5.56 Å². The number of phenolic OH excluding ortho intramolecular Hbond substituents is 2. The van der Waals surface area contributed by atoms with Crippen molar-refractivity contribution in [3.63, 3.8) is 0 Å². The number of hydrogen-bond acceptors (Lipinski definition) is 2. The van der Waals surface area contributed by atoms with Crippen molar-refractivity contribution in [2.45, 2.75) is 34.1 Å². The minimum absolute atomic E-state index is 0.264. The van der Waals surface area contributed by atoms with Crippen LogP contribution in [0.3, 0.4) is 0 Å². The fourth-order valence-electron chi connectivity index (χ4n) is 1.56. The molecule has 2 nitrogen and oxygen atoms in total. The van der Waals surface area contributed by atoms with Crippen LogP contribution in [0.2, 0.25) is 0 Å². The Morgan fingerprint density at radius 1 is 1.27 bits per heavy atom. The number of rotatable bonds is 2. The Morgan fingerprint density at radius 3 is 2.40 bits per heavy atom. The predicted octanol–water partition coefficient (Wildman–Crippen LogP) is 3.22. The first-order valence-corrected chi connectivity index (χ1v) is 5.08. The van der Waals surface area contributed by atoms with Gasteiger partial charge in [-0.15, -0.1) is 0 Å². The normalized spacial score (nSPS) is 10.1. The van der Waals surface area contributed by atoms with Gasteiger partial charge < -0.3 is 10.2 Å². The van der Waals surface area contributed by atoms with Crippen molar-refractivity contribution < 1.29 is 10.2 Å². The lowest BCUT2D eigenvalue weighted by Crippen LogP contribution is -1.92. The van der Waals surface area contributed by atoms with Gasteiger partial charge in [-0.2, -0.15) is 0 Å². The van der Waals surface area contributed by atoms with Gasteiger partial charge in [-0.05, 0) is 51.3 Å². The zero-order chi connectivity index (χ0) is 11.6. The first-order valence-electron chi connectivity index (χ1n) is 5.08. The summed E-state index contributed by atoms with van der Waals surface area (Å²) in [5, 5.41) is 19.5. The smallest absolute Gasteiger partial charge is 0.121 e. The Bertz CT molecular complexity index is 399. The van der Waals surface area contributed by atoms with Crippen LogP contribution in [-0.4, -0.2) is 10.2 Å². The van der Waals surface area contributed by atoms with Crippen molar-refractivity contribution in [2.24, 2.45) is 0 Å². The molecule has 0 aliphatic rings. The molecule has 0 fully saturated rings. The topological polar surface area (TPSA) is 40.5 Å². The molecule has 0 aliphatic carbocycles. The van der Waals surface area contributed by atoms with E-state index < -0.39 is 0 Å². The molecule has 0 radical (unpaired) electrons. The summed E-state index contributed by atoms with van der Waals surface area (Å²) in [6.45, 7) is 7.64. The quantitative estimate of drug-likeness (QED) is 0.576. The van der Waals surface area contributed by atoms with Crippen LogP contribution >= 0.6 is 0 Å². The maximum atomic E-state index is 9.77. The lowest BCUT2D eigenvalue weighted by molar-refractivity contribution is 0.448. The van der Waals surface area contributed by atoms with Crippen molar-refractivity contribution in [3.8, 4) is 11.5 Å². The summed E-state index contributed by atoms with van der Waals surface area (Å²) < 4.78 is 0. The van der Waals surface area contributed by atoms with Crippen molar-refractivity contribution in [3.05, 3.63) is 34.4 Å². The lowest BCUT2D eigenvalue weighted by Gasteiger charge is -2.11. The van der Waals surface area contributed by atoms with Gasteiger partial charge in [0.1, 0.15) is 11.5 Å². The Balaban J connectivity index is 3.18. The molecule has 1 rings (SSSR count). The maximum Gasteiger partial charge on any atom is 0.121 e. The SMILES string of the molecule is CC(C)=CCc1c(O)cc(C)c(O)c1C. The first kappa shape index (κ1) is 11.6. The van der Waals surface area contributed by atoms with E-state index >= 15 is 0 Å². The second-order valence-electron chi connectivity index (χ2n) is 4.15. The molecule has 0 spiro atoms. The van der Waals surface area contributed by atoms with Crippen LogP contribution < -0.4 is 0 Å². The number of benzene rings is 1. The summed E-state index contributed by atoms with van der Waals surface area (Å²) in [5.74, 6) is 0.547. The molecule has 82 valence electrons. The molecule has 2 N–H and O–H groups in total. The first-order chi connectivity index (χ1) is 6.93. The van der Waals surface area contributed by atoms with Gasteiger partial charge in [0.15, 0.2) is 0 Å². The second-order valence-corrected chi connectivity index (χ2v) is 4.15. The van der Waals surface area contributed by atoms with E-state index in [2.05, 4.69) is 0 Å². The summed E-state index contributed by atoms with van der Waals surface area (Å²) in [5.41, 5.74) is 3.49. The van der Waals surface area contributed by atoms with E-state index in [9.17, 15) is 10.2 Å². The minimum Gasteiger partial charge on any atom is -0.508 e. The van der Waals surface area contributed by atoms with Gasteiger partial charge in [0.25, 0.3) is 0 Å². The van der Waals surface area contributed by atoms with Crippen LogP contribution in [0, 0.1) is 13.8 Å². The summed E-state index contributed by atoms with van der Waals surface area (Å²) in [6, 6.07) is 1.61. The molecular formula is C13H18O2. The third-order valence-corrected chi connectivity index (χ3v) is 2.56. The number of phenols is 2. The molecule has 0 bridgehead atoms. The van der Waals surface area contributed by atoms with E-state index in [4.69, 9.17) is 0 Å². The van der Waals surface area contributed by atoms with Gasteiger partial charge in [-0.25, -0.2) is 0 Å². The van der Waals surface area contributed by atoms with E-state index in [0.29, 0.717) is 12.0 Å². The molecule has 0 amide bonds. The summed E-state index contributed by atoms with van der Waals surface area (Å²) in [6.07, 6.45) is 2.70. The van der Waals surface area contributed by atoms with Crippen molar-refractivity contribution in [1.82, 2.24) is 0 Å². The standard InChI is InChI=1S/C13H18O2/c1-8(2)5-6-11-10(4)13(15)9(3)7-12(11)14/h5,7,14-15H,6H2,1-4H3. The highest BCUT2D eigenvalue weighted by Gasteiger charge is 2.10. The highest BCUT2D eigenvalue weighted by atomic mass is 16.3. The van der Waals surface area contributed by atoms with Crippen LogP contribution in [-0.2, 0) is 6.42 Å². The monoisotopic (exact) mass is 206 g/mol. The Morgan fingerprint density at radius 2 is 1.87 bits per heavy atom. The largest absolute Gasteiger partial charge is 0.508 e. The van der Waals surface area contributed by atoms with E-state index in [1.807, 2.05) is 26.8 Å². The molecule has 15 heavy (non-hydrogen) atoms. The zero-order valence-electron chi connectivity index (χ0n) is 9.76. The van der Waals surface area contributed by atoms with Gasteiger partial charge in [0.2, 0.25) is 0 Å². The average Bonchev–Trinajstić information content (AvgIpc) is 2.14. The molecule has 0 saturated carbocycles. The fourth-order valence-corrected chi connectivity index (χ4v) is 1.56. The molecule has 0 atom stereocenters. The van der Waals surface area contributed by atoms with Crippen molar-refractivity contribution in [1.29, 1.82) is 0 Å². The maximum absolute atomic E-state index is 9.77. The highest BCUT2D eigenvalue weighted by molar-refractivity contribution is 5.52. The third kappa shape index (κ3) is 2.52. The summed E-state index contributed by atoms with van der Waals surface area (Å²) in [4.78, 5) is 0. The predicted molar refractivity (Wildman–Crippen MR) is 62.4 cm³/mol. The number of aromatic hydroxyl groups is 2. The van der Waals surface area contributed by atoms with Crippen LogP contribution in [0.25, 0.3) is 0 Å². The van der Waals surface area contributed by atoms with Gasteiger partial charge in [0.05, 0.1) is 0 Å². The Hall–Kier alpha value is -1.44. The second kappa shape index (κ2) is 4.39. The zero-order valence-corrected chi connectivity index (χ0v) is 9.76. The lowest BCUT2D eigenvalue weighted by atomic mass is 9.99. The van der Waals surface area contributed by atoms with Gasteiger partial charge in [-0.1, -0.05) is 11.6 Å². The van der Waals surface area contributed by atoms with E-state index in [1.165, 1.54) is 5.57 Å². The molecule has 0 heterocycles. The average molecular weight is 206 g/mol. The molecule has 1 aromatic rings. The van der Waals surface area contributed by atoms with Crippen LogP contribution in [0.15, 0.2) is 17.7 Å². The minimum atomic E-state index is 0.264. The molecule has 1 aromatic carbocycles. The van der Waals surface area contributed by atoms with E-state index in [-0.39, 0.29) is 11.5 Å². The van der Waals surface area contributed by atoms with E-state index in [0.717, 1.165) is 11.1 Å². The summed E-state index contributed by atoms with van der Waals surface area (Å²) >= 11 is 0. The Kier molecular flexibility index (Phi) is 3.40. The number of allylic oxidation sites excluding steroid dienone is 2. The van der Waals surface area contributed by atoms with Crippen LogP contribution in [0.5, 0.6) is 11.5 Å². The number of aryl methyl sites for hydroxylation is 1. The molecule has 0 aliphatic heterocycles. The number of hydrogen-bond donors (Lipinski definition) is 2. The Labute approximate surface area is 90.9 Å². The third-order valence-electron chi connectivity index (χ3n) is 2.56. The van der Waals surface area contributed by atoms with Crippen molar-refractivity contribution in [2.75, 3.05) is 0 Å². The van der Waals surface area contributed by atoms with Crippen molar-refractivity contribution >= 4 is 0 Å². The molecule has 0 saturated heterocycles. The fraction of sp³-hybridized carbons (Fsp3) is 0.385. The molecule has 2 heteroatoms. The molecule has 0 aromatic heterocycles. The van der Waals surface area contributed by atoms with Gasteiger partial charge >= 0.3 is 0 Å². The molecular weight excluding hydrogens is 188 g/mol. The van der Waals surface area contributed by atoms with E-state index in [1.54, 1.807) is 13.0 Å².